The fourth-order valence-electron chi connectivity index (χ4n) is 1.96. The summed E-state index contributed by atoms with van der Waals surface area (Å²) in [6.45, 7) is 1.51. The fourth-order valence-corrected chi connectivity index (χ4v) is 2.49. The van der Waals surface area contributed by atoms with Crippen LogP contribution in [-0.2, 0) is 14.4 Å². The van der Waals surface area contributed by atoms with Crippen LogP contribution in [0, 0.1) is 6.92 Å². The molecule has 0 atom stereocenters. The molecular weight excluding hydrogens is 365 g/mol. The van der Waals surface area contributed by atoms with Crippen LogP contribution < -0.4 is 16.0 Å². The highest BCUT2D eigenvalue weighted by Crippen LogP contribution is 2.22. The maximum absolute atomic E-state index is 11.8. The van der Waals surface area contributed by atoms with Gasteiger partial charge in [-0.2, -0.15) is 0 Å². The number of rotatable bonds is 4. The highest BCUT2D eigenvalue weighted by Gasteiger charge is 2.15. The molecule has 0 spiro atoms. The molecule has 0 aromatic heterocycles. The minimum atomic E-state index is -0.948. The van der Waals surface area contributed by atoms with E-state index in [0.29, 0.717) is 15.7 Å². The van der Waals surface area contributed by atoms with Crippen molar-refractivity contribution in [1.82, 2.24) is 5.32 Å². The Hall–Kier alpha value is -2.57. The minimum Gasteiger partial charge on any atom is -0.339 e. The van der Waals surface area contributed by atoms with Gasteiger partial charge in [0.1, 0.15) is 0 Å². The third-order valence-corrected chi connectivity index (χ3v) is 3.59. The van der Waals surface area contributed by atoms with E-state index in [2.05, 4.69) is 16.0 Å². The van der Waals surface area contributed by atoms with Crippen molar-refractivity contribution in [3.63, 3.8) is 0 Å². The smallest absolute Gasteiger partial charge is 0.313 e. The molecule has 130 valence electrons. The molecular formula is C17H15Cl2N3O3. The van der Waals surface area contributed by atoms with Crippen LogP contribution in [0.3, 0.4) is 0 Å². The molecule has 0 unspecified atom stereocenters. The lowest BCUT2D eigenvalue weighted by Crippen LogP contribution is -2.39. The van der Waals surface area contributed by atoms with E-state index in [-0.39, 0.29) is 12.2 Å². The van der Waals surface area contributed by atoms with Gasteiger partial charge >= 0.3 is 11.8 Å². The number of halogens is 2. The van der Waals surface area contributed by atoms with Gasteiger partial charge in [-0.15, -0.1) is 0 Å². The second kappa shape index (κ2) is 8.50. The van der Waals surface area contributed by atoms with Crippen LogP contribution in [0.15, 0.2) is 42.5 Å². The number of aryl methyl sites for hydroxylation is 1. The van der Waals surface area contributed by atoms with Gasteiger partial charge in [0.25, 0.3) is 0 Å². The molecule has 0 aliphatic rings. The first-order valence-electron chi connectivity index (χ1n) is 7.26. The van der Waals surface area contributed by atoms with E-state index in [1.165, 1.54) is 18.2 Å². The number of carbonyl (C=O) groups is 3. The Balaban J connectivity index is 1.85. The highest BCUT2D eigenvalue weighted by atomic mass is 35.5. The Bertz CT molecular complexity index is 804. The molecule has 0 fully saturated rings. The van der Waals surface area contributed by atoms with Gasteiger partial charge in [0.05, 0.1) is 6.54 Å². The van der Waals surface area contributed by atoms with E-state index in [1.807, 2.05) is 19.1 Å². The standard InChI is InChI=1S/C17H15Cl2N3O3/c1-10-4-2-3-5-14(10)22-15(23)9-20-16(24)17(25)21-13-7-11(18)6-12(19)8-13/h2-8H,9H2,1H3,(H,20,24)(H,21,25)(H,22,23). The maximum Gasteiger partial charge on any atom is 0.313 e. The lowest BCUT2D eigenvalue weighted by molar-refractivity contribution is -0.136. The molecule has 0 saturated carbocycles. The number of amides is 3. The molecule has 2 aromatic carbocycles. The summed E-state index contributed by atoms with van der Waals surface area (Å²) in [5.74, 6) is -2.32. The van der Waals surface area contributed by atoms with Gasteiger partial charge in [0, 0.05) is 21.4 Å². The summed E-state index contributed by atoms with van der Waals surface area (Å²) in [7, 11) is 0. The number of nitrogens with one attached hydrogen (secondary N) is 3. The summed E-state index contributed by atoms with van der Waals surface area (Å²) in [6.07, 6.45) is 0. The second-order valence-electron chi connectivity index (χ2n) is 5.16. The normalized spacial score (nSPS) is 10.0. The maximum atomic E-state index is 11.8. The van der Waals surface area contributed by atoms with Crippen molar-refractivity contribution in [3.8, 4) is 0 Å². The Morgan fingerprint density at radius 3 is 2.20 bits per heavy atom. The van der Waals surface area contributed by atoms with Crippen molar-refractivity contribution >= 4 is 52.3 Å². The van der Waals surface area contributed by atoms with Crippen LogP contribution in [0.25, 0.3) is 0 Å². The molecule has 0 aliphatic heterocycles. The fraction of sp³-hybridized carbons (Fsp3) is 0.118. The quantitative estimate of drug-likeness (QED) is 0.713. The summed E-state index contributed by atoms with van der Waals surface area (Å²) >= 11 is 11.6. The average molecular weight is 380 g/mol. The Kier molecular flexibility index (Phi) is 6.38. The van der Waals surface area contributed by atoms with E-state index in [9.17, 15) is 14.4 Å². The van der Waals surface area contributed by atoms with E-state index in [4.69, 9.17) is 23.2 Å². The molecule has 25 heavy (non-hydrogen) atoms. The summed E-state index contributed by atoms with van der Waals surface area (Å²) in [6, 6.07) is 11.6. The first-order valence-corrected chi connectivity index (χ1v) is 8.01. The topological polar surface area (TPSA) is 87.3 Å². The molecule has 2 rings (SSSR count). The van der Waals surface area contributed by atoms with Crippen LogP contribution in [0.5, 0.6) is 0 Å². The number of para-hydroxylation sites is 1. The third kappa shape index (κ3) is 5.77. The summed E-state index contributed by atoms with van der Waals surface area (Å²) in [4.78, 5) is 35.4. The lowest BCUT2D eigenvalue weighted by atomic mass is 10.2. The molecule has 0 aliphatic carbocycles. The van der Waals surface area contributed by atoms with Crippen molar-refractivity contribution < 1.29 is 14.4 Å². The molecule has 0 radical (unpaired) electrons. The first-order chi connectivity index (χ1) is 11.8. The average Bonchev–Trinajstić information content (AvgIpc) is 2.53. The van der Waals surface area contributed by atoms with Gasteiger partial charge in [-0.1, -0.05) is 41.4 Å². The summed E-state index contributed by atoms with van der Waals surface area (Å²) < 4.78 is 0. The molecule has 6 nitrogen and oxygen atoms in total. The van der Waals surface area contributed by atoms with E-state index in [1.54, 1.807) is 12.1 Å². The van der Waals surface area contributed by atoms with Gasteiger partial charge in [-0.25, -0.2) is 0 Å². The zero-order chi connectivity index (χ0) is 18.4. The van der Waals surface area contributed by atoms with Crippen LogP contribution in [-0.4, -0.2) is 24.3 Å². The second-order valence-corrected chi connectivity index (χ2v) is 6.03. The molecule has 2 aromatic rings. The first kappa shape index (κ1) is 18.8. The van der Waals surface area contributed by atoms with Gasteiger partial charge in [-0.05, 0) is 36.8 Å². The monoisotopic (exact) mass is 379 g/mol. The largest absolute Gasteiger partial charge is 0.339 e. The summed E-state index contributed by atoms with van der Waals surface area (Å²) in [5, 5.41) is 7.89. The number of carbonyl (C=O) groups excluding carboxylic acids is 3. The van der Waals surface area contributed by atoms with E-state index in [0.717, 1.165) is 5.56 Å². The SMILES string of the molecule is Cc1ccccc1NC(=O)CNC(=O)C(=O)Nc1cc(Cl)cc(Cl)c1. The number of hydrogen-bond acceptors (Lipinski definition) is 3. The predicted molar refractivity (Wildman–Crippen MR) is 97.9 cm³/mol. The Morgan fingerprint density at radius 1 is 0.920 bits per heavy atom. The Labute approximate surface area is 154 Å². The van der Waals surface area contributed by atoms with Crippen molar-refractivity contribution in [3.05, 3.63) is 58.1 Å². The minimum absolute atomic E-state index is 0.280. The molecule has 3 amide bonds. The van der Waals surface area contributed by atoms with Gasteiger partial charge in [0.2, 0.25) is 5.91 Å². The zero-order valence-electron chi connectivity index (χ0n) is 13.2. The van der Waals surface area contributed by atoms with Crippen LogP contribution in [0.4, 0.5) is 11.4 Å². The van der Waals surface area contributed by atoms with Crippen molar-refractivity contribution in [2.24, 2.45) is 0 Å². The van der Waals surface area contributed by atoms with Gasteiger partial charge < -0.3 is 16.0 Å². The van der Waals surface area contributed by atoms with E-state index >= 15 is 0 Å². The van der Waals surface area contributed by atoms with Gasteiger partial charge in [0.15, 0.2) is 0 Å². The third-order valence-electron chi connectivity index (χ3n) is 3.16. The number of hydrogen-bond donors (Lipinski definition) is 3. The predicted octanol–water partition coefficient (Wildman–Crippen LogP) is 3.00. The molecule has 3 N–H and O–H groups in total. The molecule has 0 saturated heterocycles. The summed E-state index contributed by atoms with van der Waals surface area (Å²) in [5.41, 5.74) is 1.81. The zero-order valence-corrected chi connectivity index (χ0v) is 14.7. The van der Waals surface area contributed by atoms with Crippen molar-refractivity contribution in [2.45, 2.75) is 6.92 Å². The van der Waals surface area contributed by atoms with Crippen molar-refractivity contribution in [2.75, 3.05) is 17.2 Å². The Morgan fingerprint density at radius 2 is 1.56 bits per heavy atom. The van der Waals surface area contributed by atoms with Gasteiger partial charge in [-0.3, -0.25) is 14.4 Å². The van der Waals surface area contributed by atoms with Crippen LogP contribution in [0.1, 0.15) is 5.56 Å². The lowest BCUT2D eigenvalue weighted by Gasteiger charge is -2.09. The van der Waals surface area contributed by atoms with Crippen molar-refractivity contribution in [1.29, 1.82) is 0 Å². The van der Waals surface area contributed by atoms with Crippen LogP contribution >= 0.6 is 23.2 Å². The molecule has 0 heterocycles. The number of benzene rings is 2. The number of anilines is 2. The van der Waals surface area contributed by atoms with Crippen LogP contribution in [0.2, 0.25) is 10.0 Å². The molecule has 8 heteroatoms. The highest BCUT2D eigenvalue weighted by molar-refractivity contribution is 6.40. The van der Waals surface area contributed by atoms with E-state index < -0.39 is 17.7 Å². The molecule has 0 bridgehead atoms.